The van der Waals surface area contributed by atoms with Crippen molar-refractivity contribution in [3.63, 3.8) is 0 Å². The Balaban J connectivity index is 3.57. The molecule has 0 aromatic rings. The van der Waals surface area contributed by atoms with Gasteiger partial charge in [0.1, 0.15) is 12.4 Å². The Labute approximate surface area is 70.8 Å². The van der Waals surface area contributed by atoms with E-state index in [9.17, 15) is 13.2 Å². The smallest absolute Gasteiger partial charge is 0.309 e. The molecule has 0 radical (unpaired) electrons. The molecule has 0 aromatic heterocycles. The van der Waals surface area contributed by atoms with Crippen LogP contribution in [0, 0.1) is 0 Å². The minimum absolute atomic E-state index is 0.0332. The van der Waals surface area contributed by atoms with Crippen molar-refractivity contribution in [2.24, 2.45) is 0 Å². The fourth-order valence-corrected chi connectivity index (χ4v) is 0.732. The van der Waals surface area contributed by atoms with Gasteiger partial charge in [0.15, 0.2) is 0 Å². The van der Waals surface area contributed by atoms with Crippen LogP contribution in [0.4, 0.5) is 0 Å². The van der Waals surface area contributed by atoms with Crippen LogP contribution in [0.25, 0.3) is 0 Å². The first kappa shape index (κ1) is 11.1. The van der Waals surface area contributed by atoms with Gasteiger partial charge in [-0.3, -0.25) is 9.35 Å². The number of carbonyl (C=O) groups is 1. The lowest BCUT2D eigenvalue weighted by Crippen LogP contribution is -2.13. The van der Waals surface area contributed by atoms with E-state index in [1.54, 1.807) is 0 Å². The molecule has 70 valence electrons. The highest BCUT2D eigenvalue weighted by molar-refractivity contribution is 7.85. The van der Waals surface area contributed by atoms with Crippen molar-refractivity contribution in [2.75, 3.05) is 12.4 Å². The van der Waals surface area contributed by atoms with Gasteiger partial charge in [0.2, 0.25) is 0 Å². The third kappa shape index (κ3) is 7.23. The minimum Gasteiger partial charge on any atom is -0.464 e. The van der Waals surface area contributed by atoms with Crippen LogP contribution in [0.15, 0.2) is 12.7 Å². The van der Waals surface area contributed by atoms with Crippen molar-refractivity contribution >= 4 is 16.1 Å². The summed E-state index contributed by atoms with van der Waals surface area (Å²) in [6.07, 6.45) is 1.38. The lowest BCUT2D eigenvalue weighted by Gasteiger charge is -1.99. The van der Waals surface area contributed by atoms with Gasteiger partial charge >= 0.3 is 5.97 Å². The molecule has 0 saturated heterocycles. The average molecular weight is 194 g/mol. The Hall–Kier alpha value is -0.880. The van der Waals surface area contributed by atoms with Crippen molar-refractivity contribution in [1.29, 1.82) is 0 Å². The number of esters is 1. The third-order valence-electron chi connectivity index (χ3n) is 0.915. The molecule has 12 heavy (non-hydrogen) atoms. The number of hydrogen-bond acceptors (Lipinski definition) is 4. The van der Waals surface area contributed by atoms with Crippen LogP contribution in [-0.4, -0.2) is 31.3 Å². The van der Waals surface area contributed by atoms with Crippen LogP contribution in [0.1, 0.15) is 6.42 Å². The van der Waals surface area contributed by atoms with Crippen molar-refractivity contribution < 1.29 is 22.5 Å². The van der Waals surface area contributed by atoms with Crippen LogP contribution in [-0.2, 0) is 19.6 Å². The minimum atomic E-state index is -4.04. The summed E-state index contributed by atoms with van der Waals surface area (Å²) in [5.74, 6) is -1.13. The van der Waals surface area contributed by atoms with Crippen LogP contribution in [0.5, 0.6) is 0 Å². The SMILES string of the molecule is C=CCC(=O)OCCS(=O)(=O)O. The van der Waals surface area contributed by atoms with E-state index in [-0.39, 0.29) is 13.0 Å². The van der Waals surface area contributed by atoms with Crippen molar-refractivity contribution in [3.8, 4) is 0 Å². The highest BCUT2D eigenvalue weighted by atomic mass is 32.2. The monoisotopic (exact) mass is 194 g/mol. The molecule has 0 bridgehead atoms. The number of rotatable bonds is 5. The molecule has 0 saturated carbocycles. The molecule has 0 fully saturated rings. The maximum atomic E-state index is 10.6. The van der Waals surface area contributed by atoms with E-state index in [0.29, 0.717) is 0 Å². The molecular weight excluding hydrogens is 184 g/mol. The molecule has 0 aliphatic heterocycles. The first-order chi connectivity index (χ1) is 5.45. The average Bonchev–Trinajstić information content (AvgIpc) is 1.84. The molecular formula is C6H10O5S. The van der Waals surface area contributed by atoms with E-state index in [2.05, 4.69) is 11.3 Å². The molecule has 5 nitrogen and oxygen atoms in total. The zero-order chi connectivity index (χ0) is 9.61. The van der Waals surface area contributed by atoms with Crippen molar-refractivity contribution in [3.05, 3.63) is 12.7 Å². The number of ether oxygens (including phenoxy) is 1. The van der Waals surface area contributed by atoms with E-state index >= 15 is 0 Å². The summed E-state index contributed by atoms with van der Waals surface area (Å²) in [7, 11) is -4.04. The summed E-state index contributed by atoms with van der Waals surface area (Å²) in [5, 5.41) is 0. The molecule has 0 aliphatic rings. The predicted octanol–water partition coefficient (Wildman–Crippen LogP) is -0.00650. The maximum absolute atomic E-state index is 10.6. The van der Waals surface area contributed by atoms with Crippen molar-refractivity contribution in [1.82, 2.24) is 0 Å². The van der Waals surface area contributed by atoms with E-state index in [1.807, 2.05) is 0 Å². The highest BCUT2D eigenvalue weighted by Crippen LogP contribution is 1.88. The van der Waals surface area contributed by atoms with Gasteiger partial charge in [-0.25, -0.2) is 0 Å². The van der Waals surface area contributed by atoms with Crippen LogP contribution in [0.2, 0.25) is 0 Å². The van der Waals surface area contributed by atoms with E-state index in [4.69, 9.17) is 4.55 Å². The standard InChI is InChI=1S/C6H10O5S/c1-2-3-6(7)11-4-5-12(8,9)10/h2H,1,3-5H2,(H,8,9,10). The van der Waals surface area contributed by atoms with Gasteiger partial charge in [-0.1, -0.05) is 6.08 Å². The summed E-state index contributed by atoms with van der Waals surface area (Å²) in [4.78, 5) is 10.6. The fraction of sp³-hybridized carbons (Fsp3) is 0.500. The molecule has 0 rings (SSSR count). The Kier molecular flexibility index (Phi) is 4.53. The Morgan fingerprint density at radius 3 is 2.58 bits per heavy atom. The second kappa shape index (κ2) is 4.89. The predicted molar refractivity (Wildman–Crippen MR) is 42.2 cm³/mol. The molecule has 6 heteroatoms. The zero-order valence-corrected chi connectivity index (χ0v) is 7.21. The van der Waals surface area contributed by atoms with E-state index in [1.165, 1.54) is 6.08 Å². The Morgan fingerprint density at radius 2 is 2.17 bits per heavy atom. The van der Waals surface area contributed by atoms with Gasteiger partial charge in [0, 0.05) is 0 Å². The Morgan fingerprint density at radius 1 is 1.58 bits per heavy atom. The molecule has 0 aromatic carbocycles. The molecule has 0 spiro atoms. The third-order valence-corrected chi connectivity index (χ3v) is 1.60. The van der Waals surface area contributed by atoms with Gasteiger partial charge in [0.05, 0.1) is 6.42 Å². The second-order valence-electron chi connectivity index (χ2n) is 2.00. The molecule has 0 atom stereocenters. The fourth-order valence-electron chi connectivity index (χ4n) is 0.438. The lowest BCUT2D eigenvalue weighted by molar-refractivity contribution is -0.141. The second-order valence-corrected chi connectivity index (χ2v) is 3.57. The lowest BCUT2D eigenvalue weighted by atomic mass is 10.4. The van der Waals surface area contributed by atoms with Crippen LogP contribution < -0.4 is 0 Å². The van der Waals surface area contributed by atoms with Gasteiger partial charge in [-0.05, 0) is 0 Å². The van der Waals surface area contributed by atoms with Gasteiger partial charge in [0.25, 0.3) is 10.1 Å². The summed E-state index contributed by atoms with van der Waals surface area (Å²) >= 11 is 0. The Bertz CT molecular complexity index is 253. The molecule has 0 unspecified atom stereocenters. The molecule has 0 heterocycles. The first-order valence-corrected chi connectivity index (χ1v) is 4.78. The van der Waals surface area contributed by atoms with E-state index in [0.717, 1.165) is 0 Å². The molecule has 1 N–H and O–H groups in total. The number of carbonyl (C=O) groups excluding carboxylic acids is 1. The topological polar surface area (TPSA) is 80.7 Å². The van der Waals surface area contributed by atoms with Gasteiger partial charge in [-0.2, -0.15) is 8.42 Å². The summed E-state index contributed by atoms with van der Waals surface area (Å²) in [5.41, 5.74) is 0. The first-order valence-electron chi connectivity index (χ1n) is 3.17. The summed E-state index contributed by atoms with van der Waals surface area (Å²) < 4.78 is 32.9. The highest BCUT2D eigenvalue weighted by Gasteiger charge is 2.06. The largest absolute Gasteiger partial charge is 0.464 e. The van der Waals surface area contributed by atoms with Crippen LogP contribution >= 0.6 is 0 Å². The zero-order valence-electron chi connectivity index (χ0n) is 6.39. The molecule has 0 amide bonds. The van der Waals surface area contributed by atoms with Crippen molar-refractivity contribution in [2.45, 2.75) is 6.42 Å². The van der Waals surface area contributed by atoms with Crippen LogP contribution in [0.3, 0.4) is 0 Å². The summed E-state index contributed by atoms with van der Waals surface area (Å²) in [6, 6.07) is 0. The quantitative estimate of drug-likeness (QED) is 0.378. The molecule has 0 aliphatic carbocycles. The normalized spacial score (nSPS) is 10.8. The van der Waals surface area contributed by atoms with Gasteiger partial charge < -0.3 is 4.74 Å². The van der Waals surface area contributed by atoms with Gasteiger partial charge in [-0.15, -0.1) is 6.58 Å². The summed E-state index contributed by atoms with van der Waals surface area (Å²) in [6.45, 7) is 2.96. The number of hydrogen-bond donors (Lipinski definition) is 1. The maximum Gasteiger partial charge on any atom is 0.309 e. The van der Waals surface area contributed by atoms with E-state index < -0.39 is 21.8 Å².